The van der Waals surface area contributed by atoms with Gasteiger partial charge in [-0.25, -0.2) is 4.57 Å². The van der Waals surface area contributed by atoms with Gasteiger partial charge in [-0.2, -0.15) is 0 Å². The van der Waals surface area contributed by atoms with Crippen LogP contribution in [0.3, 0.4) is 0 Å². The van der Waals surface area contributed by atoms with Gasteiger partial charge in [-0.15, -0.1) is 11.3 Å². The minimum Gasteiger partial charge on any atom is -1.00 e. The maximum atomic E-state index is 12.2. The van der Waals surface area contributed by atoms with Gasteiger partial charge in [0.2, 0.25) is 5.78 Å². The first kappa shape index (κ1) is 17.5. The third-order valence-electron chi connectivity index (χ3n) is 3.96. The lowest BCUT2D eigenvalue weighted by atomic mass is 10.0. The largest absolute Gasteiger partial charge is 1.00 e. The van der Waals surface area contributed by atoms with Crippen molar-refractivity contribution in [3.8, 4) is 11.3 Å². The first-order valence-corrected chi connectivity index (χ1v) is 8.59. The monoisotopic (exact) mass is 410 g/mol. The number of thiophene rings is 1. The first-order chi connectivity index (χ1) is 11.8. The number of hydrogen-bond donors (Lipinski definition) is 0. The van der Waals surface area contributed by atoms with Crippen LogP contribution in [-0.4, -0.2) is 10.8 Å². The standard InChI is InChI=1S/C20H15N2OS.BrH/c23-19(20-9-4-12-24-20)13-22-11-10-18(21-14-22)17-8-3-6-15-5-1-2-7-16(15)17;/h1-12,14H,13H2;1H/q+1;/p-1. The van der Waals surface area contributed by atoms with Gasteiger partial charge in [0.05, 0.1) is 11.1 Å². The minimum absolute atomic E-state index is 0. The number of fused-ring (bicyclic) bond motifs is 1. The molecule has 4 aromatic rings. The van der Waals surface area contributed by atoms with Crippen molar-refractivity contribution < 1.29 is 26.3 Å². The molecule has 5 heteroatoms. The Kier molecular flexibility index (Phi) is 5.36. The van der Waals surface area contributed by atoms with Crippen LogP contribution >= 0.6 is 11.3 Å². The highest BCUT2D eigenvalue weighted by atomic mass is 79.9. The van der Waals surface area contributed by atoms with E-state index in [1.165, 1.54) is 22.1 Å². The van der Waals surface area contributed by atoms with E-state index in [1.54, 1.807) is 6.33 Å². The molecule has 2 heterocycles. The zero-order chi connectivity index (χ0) is 16.4. The summed E-state index contributed by atoms with van der Waals surface area (Å²) >= 11 is 1.47. The summed E-state index contributed by atoms with van der Waals surface area (Å²) in [7, 11) is 0. The Balaban J connectivity index is 0.00000182. The summed E-state index contributed by atoms with van der Waals surface area (Å²) in [5.74, 6) is 0.106. The SMILES string of the molecule is O=C(C[n+]1ccc(-c2cccc3ccccc23)nc1)c1cccs1.[Br-]. The normalized spacial score (nSPS) is 10.4. The molecule has 4 rings (SSSR count). The van der Waals surface area contributed by atoms with Gasteiger partial charge in [-0.3, -0.25) is 4.79 Å². The molecular weight excluding hydrogens is 396 g/mol. The van der Waals surface area contributed by atoms with Crippen LogP contribution in [0.1, 0.15) is 9.67 Å². The zero-order valence-electron chi connectivity index (χ0n) is 13.3. The summed E-state index contributed by atoms with van der Waals surface area (Å²) in [6, 6.07) is 20.2. The highest BCUT2D eigenvalue weighted by Gasteiger charge is 2.13. The Bertz CT molecular complexity index is 993. The molecular formula is C20H15BrN2OS. The summed E-state index contributed by atoms with van der Waals surface area (Å²) < 4.78 is 1.82. The van der Waals surface area contributed by atoms with Gasteiger partial charge in [0.15, 0.2) is 12.2 Å². The zero-order valence-corrected chi connectivity index (χ0v) is 15.7. The van der Waals surface area contributed by atoms with E-state index in [2.05, 4.69) is 29.2 Å². The van der Waals surface area contributed by atoms with Gasteiger partial charge in [0, 0.05) is 11.6 Å². The van der Waals surface area contributed by atoms with Crippen LogP contribution in [0.2, 0.25) is 0 Å². The van der Waals surface area contributed by atoms with Crippen LogP contribution in [-0.2, 0) is 6.54 Å². The number of Topliss-reactive ketones (excluding diaryl/α,β-unsaturated/α-hetero) is 1. The predicted molar refractivity (Wildman–Crippen MR) is 96.0 cm³/mol. The summed E-state index contributed by atoms with van der Waals surface area (Å²) in [5.41, 5.74) is 2.01. The summed E-state index contributed by atoms with van der Waals surface area (Å²) in [6.07, 6.45) is 3.64. The van der Waals surface area contributed by atoms with Gasteiger partial charge in [0.1, 0.15) is 0 Å². The number of carbonyl (C=O) groups excluding carboxylic acids is 1. The van der Waals surface area contributed by atoms with Gasteiger partial charge < -0.3 is 17.0 Å². The molecule has 0 N–H and O–H groups in total. The molecule has 2 aromatic heterocycles. The van der Waals surface area contributed by atoms with Gasteiger partial charge in [-0.05, 0) is 33.3 Å². The van der Waals surface area contributed by atoms with Crippen molar-refractivity contribution in [2.24, 2.45) is 0 Å². The number of benzene rings is 2. The quantitative estimate of drug-likeness (QED) is 0.373. The van der Waals surface area contributed by atoms with Gasteiger partial charge in [0.25, 0.3) is 6.33 Å². The topological polar surface area (TPSA) is 33.8 Å². The fourth-order valence-electron chi connectivity index (χ4n) is 2.77. The highest BCUT2D eigenvalue weighted by molar-refractivity contribution is 7.12. The number of carbonyl (C=O) groups is 1. The Morgan fingerprint density at radius 2 is 1.84 bits per heavy atom. The molecule has 0 saturated heterocycles. The molecule has 124 valence electrons. The van der Waals surface area contributed by atoms with E-state index in [9.17, 15) is 4.79 Å². The van der Waals surface area contributed by atoms with E-state index in [4.69, 9.17) is 0 Å². The van der Waals surface area contributed by atoms with E-state index >= 15 is 0 Å². The highest BCUT2D eigenvalue weighted by Crippen LogP contribution is 2.26. The molecule has 0 spiro atoms. The van der Waals surface area contributed by atoms with Crippen molar-refractivity contribution in [3.05, 3.63) is 83.4 Å². The molecule has 0 radical (unpaired) electrons. The Morgan fingerprint density at radius 3 is 2.60 bits per heavy atom. The molecule has 0 saturated carbocycles. The maximum Gasteiger partial charge on any atom is 0.287 e. The number of hydrogen-bond acceptors (Lipinski definition) is 3. The van der Waals surface area contributed by atoms with Crippen LogP contribution < -0.4 is 21.5 Å². The fourth-order valence-corrected chi connectivity index (χ4v) is 3.42. The minimum atomic E-state index is 0. The number of nitrogens with zero attached hydrogens (tertiary/aromatic N) is 2. The van der Waals surface area contributed by atoms with Crippen molar-refractivity contribution in [2.75, 3.05) is 0 Å². The molecule has 0 fully saturated rings. The number of ketones is 1. The average molecular weight is 411 g/mol. The van der Waals surface area contributed by atoms with Crippen LogP contribution in [0.5, 0.6) is 0 Å². The molecule has 0 aliphatic carbocycles. The van der Waals surface area contributed by atoms with Crippen molar-refractivity contribution in [2.45, 2.75) is 6.54 Å². The molecule has 0 aliphatic heterocycles. The molecule has 2 aromatic carbocycles. The van der Waals surface area contributed by atoms with E-state index in [1.807, 2.05) is 52.5 Å². The van der Waals surface area contributed by atoms with Crippen LogP contribution in [0, 0.1) is 0 Å². The van der Waals surface area contributed by atoms with Crippen molar-refractivity contribution >= 4 is 27.9 Å². The second kappa shape index (κ2) is 7.68. The first-order valence-electron chi connectivity index (χ1n) is 7.71. The van der Waals surface area contributed by atoms with Crippen molar-refractivity contribution in [1.82, 2.24) is 4.98 Å². The third kappa shape index (κ3) is 3.67. The third-order valence-corrected chi connectivity index (χ3v) is 4.87. The van der Waals surface area contributed by atoms with Crippen molar-refractivity contribution in [1.29, 1.82) is 0 Å². The van der Waals surface area contributed by atoms with Gasteiger partial charge in [-0.1, -0.05) is 42.5 Å². The molecule has 3 nitrogen and oxygen atoms in total. The lowest BCUT2D eigenvalue weighted by Gasteiger charge is -2.03. The van der Waals surface area contributed by atoms with E-state index in [0.717, 1.165) is 16.1 Å². The molecule has 25 heavy (non-hydrogen) atoms. The summed E-state index contributed by atoms with van der Waals surface area (Å²) in [5, 5.41) is 4.29. The number of rotatable bonds is 4. The summed E-state index contributed by atoms with van der Waals surface area (Å²) in [4.78, 5) is 17.5. The fraction of sp³-hybridized carbons (Fsp3) is 0.0500. The van der Waals surface area contributed by atoms with E-state index in [-0.39, 0.29) is 22.8 Å². The second-order valence-electron chi connectivity index (χ2n) is 5.55. The molecule has 0 amide bonds. The maximum absolute atomic E-state index is 12.2. The smallest absolute Gasteiger partial charge is 0.287 e. The lowest BCUT2D eigenvalue weighted by molar-refractivity contribution is -0.686. The van der Waals surface area contributed by atoms with Crippen molar-refractivity contribution in [3.63, 3.8) is 0 Å². The summed E-state index contributed by atoms with van der Waals surface area (Å²) in [6.45, 7) is 0.309. The Morgan fingerprint density at radius 1 is 1.00 bits per heavy atom. The number of halogens is 1. The second-order valence-corrected chi connectivity index (χ2v) is 6.49. The predicted octanol–water partition coefficient (Wildman–Crippen LogP) is 1.14. The number of aromatic nitrogens is 2. The molecule has 0 bridgehead atoms. The molecule has 0 aliphatic rings. The molecule has 0 unspecified atom stereocenters. The van der Waals surface area contributed by atoms with E-state index in [0.29, 0.717) is 6.54 Å². The van der Waals surface area contributed by atoms with Crippen LogP contribution in [0.4, 0.5) is 0 Å². The van der Waals surface area contributed by atoms with Crippen LogP contribution in [0.25, 0.3) is 22.0 Å². The van der Waals surface area contributed by atoms with E-state index < -0.39 is 0 Å². The van der Waals surface area contributed by atoms with Crippen LogP contribution in [0.15, 0.2) is 78.6 Å². The molecule has 0 atom stereocenters. The van der Waals surface area contributed by atoms with Gasteiger partial charge >= 0.3 is 0 Å². The Hall–Kier alpha value is -2.37. The average Bonchev–Trinajstić information content (AvgIpc) is 3.17. The Labute approximate surface area is 160 Å². The lowest BCUT2D eigenvalue weighted by Crippen LogP contribution is -3.00.